The maximum Gasteiger partial charge on any atom is 0.294 e. The highest BCUT2D eigenvalue weighted by atomic mass is 35.5. The molecule has 1 aromatic heterocycles. The van der Waals surface area contributed by atoms with Crippen molar-refractivity contribution in [2.45, 2.75) is 5.88 Å². The van der Waals surface area contributed by atoms with Gasteiger partial charge in [0.15, 0.2) is 0 Å². The average Bonchev–Trinajstić information content (AvgIpc) is 2.59. The van der Waals surface area contributed by atoms with Gasteiger partial charge in [0, 0.05) is 6.07 Å². The summed E-state index contributed by atoms with van der Waals surface area (Å²) in [5.41, 5.74) is 1.01. The van der Waals surface area contributed by atoms with Gasteiger partial charge in [0.2, 0.25) is 0 Å². The maximum absolute atomic E-state index is 10.6. The van der Waals surface area contributed by atoms with Crippen LogP contribution in [0.3, 0.4) is 0 Å². The van der Waals surface area contributed by atoms with Gasteiger partial charge in [0.05, 0.1) is 16.3 Å². The molecule has 0 saturated heterocycles. The molecule has 0 bridgehead atoms. The molecule has 5 nitrogen and oxygen atoms in total. The molecule has 0 fully saturated rings. The van der Waals surface area contributed by atoms with E-state index in [2.05, 4.69) is 9.97 Å². The summed E-state index contributed by atoms with van der Waals surface area (Å²) in [5.74, 6) is 0.752. The van der Waals surface area contributed by atoms with E-state index in [-0.39, 0.29) is 11.6 Å². The monoisotopic (exact) mass is 211 g/mol. The fourth-order valence-corrected chi connectivity index (χ4v) is 1.41. The van der Waals surface area contributed by atoms with Crippen molar-refractivity contribution < 1.29 is 4.92 Å². The highest BCUT2D eigenvalue weighted by Crippen LogP contribution is 2.23. The third kappa shape index (κ3) is 1.31. The number of para-hydroxylation sites is 1. The molecule has 1 N–H and O–H groups in total. The largest absolute Gasteiger partial charge is 0.335 e. The summed E-state index contributed by atoms with van der Waals surface area (Å²) >= 11 is 5.57. The topological polar surface area (TPSA) is 71.8 Å². The first-order chi connectivity index (χ1) is 6.72. The van der Waals surface area contributed by atoms with Crippen molar-refractivity contribution in [2.75, 3.05) is 0 Å². The second kappa shape index (κ2) is 3.26. The molecule has 2 aromatic rings. The number of H-pyrrole nitrogens is 1. The number of fused-ring (bicyclic) bond motifs is 1. The van der Waals surface area contributed by atoms with E-state index in [4.69, 9.17) is 11.6 Å². The van der Waals surface area contributed by atoms with E-state index in [1.165, 1.54) is 6.07 Å². The quantitative estimate of drug-likeness (QED) is 0.470. The Morgan fingerprint density at radius 1 is 1.57 bits per heavy atom. The molecule has 0 saturated carbocycles. The fourth-order valence-electron chi connectivity index (χ4n) is 1.28. The lowest BCUT2D eigenvalue weighted by molar-refractivity contribution is -0.383. The zero-order valence-electron chi connectivity index (χ0n) is 7.03. The number of alkyl halides is 1. The summed E-state index contributed by atoms with van der Waals surface area (Å²) in [5, 5.41) is 10.6. The predicted octanol–water partition coefficient (Wildman–Crippen LogP) is 2.21. The number of nitrogens with zero attached hydrogens (tertiary/aromatic N) is 2. The fraction of sp³-hybridized carbons (Fsp3) is 0.125. The van der Waals surface area contributed by atoms with Crippen LogP contribution in [0, 0.1) is 10.1 Å². The van der Waals surface area contributed by atoms with Crippen molar-refractivity contribution in [2.24, 2.45) is 0 Å². The molecule has 0 radical (unpaired) electrons. The second-order valence-corrected chi connectivity index (χ2v) is 3.01. The summed E-state index contributed by atoms with van der Waals surface area (Å²) in [6, 6.07) is 4.73. The Kier molecular flexibility index (Phi) is 2.09. The molecule has 0 spiro atoms. The number of nitro groups is 1. The number of aromatic amines is 1. The van der Waals surface area contributed by atoms with Gasteiger partial charge >= 0.3 is 0 Å². The van der Waals surface area contributed by atoms with Gasteiger partial charge in [0.25, 0.3) is 5.69 Å². The van der Waals surface area contributed by atoms with Crippen molar-refractivity contribution in [1.82, 2.24) is 9.97 Å². The van der Waals surface area contributed by atoms with Crippen LogP contribution in [0.15, 0.2) is 18.2 Å². The minimum absolute atomic E-state index is 0.0198. The molecule has 0 aliphatic carbocycles. The van der Waals surface area contributed by atoms with Crippen LogP contribution < -0.4 is 0 Å². The number of aromatic nitrogens is 2. The lowest BCUT2D eigenvalue weighted by atomic mass is 10.3. The molecular weight excluding hydrogens is 206 g/mol. The van der Waals surface area contributed by atoms with Gasteiger partial charge in [-0.15, -0.1) is 11.6 Å². The number of imidazole rings is 1. The molecule has 1 heterocycles. The van der Waals surface area contributed by atoms with Gasteiger partial charge in [-0.2, -0.15) is 0 Å². The Morgan fingerprint density at radius 2 is 2.36 bits per heavy atom. The summed E-state index contributed by atoms with van der Waals surface area (Å²) in [4.78, 5) is 17.1. The lowest BCUT2D eigenvalue weighted by Crippen LogP contribution is -1.88. The summed E-state index contributed by atoms with van der Waals surface area (Å²) in [6.45, 7) is 0. The normalized spacial score (nSPS) is 10.6. The van der Waals surface area contributed by atoms with Crippen LogP contribution in [-0.2, 0) is 5.88 Å². The maximum atomic E-state index is 10.6. The summed E-state index contributed by atoms with van der Waals surface area (Å²) in [7, 11) is 0. The van der Waals surface area contributed by atoms with Crippen LogP contribution in [0.2, 0.25) is 0 Å². The number of halogens is 1. The number of hydrogen-bond acceptors (Lipinski definition) is 3. The molecular formula is C8H6ClN3O2. The van der Waals surface area contributed by atoms with Crippen LogP contribution in [0.5, 0.6) is 0 Å². The smallest absolute Gasteiger partial charge is 0.294 e. The first-order valence-corrected chi connectivity index (χ1v) is 4.44. The highest BCUT2D eigenvalue weighted by Gasteiger charge is 2.14. The van der Waals surface area contributed by atoms with Gasteiger partial charge in [-0.1, -0.05) is 6.07 Å². The third-order valence-electron chi connectivity index (χ3n) is 1.87. The van der Waals surface area contributed by atoms with Crippen molar-refractivity contribution in [3.63, 3.8) is 0 Å². The van der Waals surface area contributed by atoms with Crippen LogP contribution >= 0.6 is 11.6 Å². The lowest BCUT2D eigenvalue weighted by Gasteiger charge is -1.90. The SMILES string of the molecule is O=[N+]([O-])c1cccc2nc(CCl)[nH]c12. The van der Waals surface area contributed by atoms with E-state index < -0.39 is 4.92 Å². The van der Waals surface area contributed by atoms with Gasteiger partial charge in [-0.3, -0.25) is 10.1 Å². The first-order valence-electron chi connectivity index (χ1n) is 3.90. The van der Waals surface area contributed by atoms with Gasteiger partial charge in [-0.25, -0.2) is 4.98 Å². The van der Waals surface area contributed by atoms with E-state index in [1.807, 2.05) is 0 Å². The van der Waals surface area contributed by atoms with Crippen molar-refractivity contribution in [1.29, 1.82) is 0 Å². The molecule has 2 rings (SSSR count). The zero-order chi connectivity index (χ0) is 10.1. The average molecular weight is 212 g/mol. The molecule has 72 valence electrons. The van der Waals surface area contributed by atoms with Gasteiger partial charge in [-0.05, 0) is 6.07 Å². The van der Waals surface area contributed by atoms with Crippen molar-refractivity contribution >= 4 is 28.3 Å². The van der Waals surface area contributed by atoms with E-state index in [0.29, 0.717) is 16.9 Å². The van der Waals surface area contributed by atoms with Crippen molar-refractivity contribution in [3.8, 4) is 0 Å². The minimum Gasteiger partial charge on any atom is -0.335 e. The van der Waals surface area contributed by atoms with Crippen LogP contribution in [-0.4, -0.2) is 14.9 Å². The van der Waals surface area contributed by atoms with E-state index in [1.54, 1.807) is 12.1 Å². The first kappa shape index (κ1) is 8.96. The van der Waals surface area contributed by atoms with Crippen LogP contribution in [0.25, 0.3) is 11.0 Å². The number of nitrogens with one attached hydrogen (secondary N) is 1. The number of hydrogen-bond donors (Lipinski definition) is 1. The molecule has 0 aliphatic heterocycles. The van der Waals surface area contributed by atoms with Gasteiger partial charge < -0.3 is 4.98 Å². The molecule has 14 heavy (non-hydrogen) atoms. The summed E-state index contributed by atoms with van der Waals surface area (Å²) < 4.78 is 0. The molecule has 1 aromatic carbocycles. The standard InChI is InChI=1S/C8H6ClN3O2/c9-4-7-10-5-2-1-3-6(12(13)14)8(5)11-7/h1-3H,4H2,(H,10,11). The Bertz CT molecular complexity index is 494. The molecule has 0 atom stereocenters. The molecule has 0 aliphatic rings. The highest BCUT2D eigenvalue weighted by molar-refractivity contribution is 6.16. The molecule has 0 amide bonds. The minimum atomic E-state index is -0.446. The Balaban J connectivity index is 2.73. The number of non-ortho nitro benzene ring substituents is 1. The third-order valence-corrected chi connectivity index (χ3v) is 2.12. The zero-order valence-corrected chi connectivity index (χ0v) is 7.78. The second-order valence-electron chi connectivity index (χ2n) is 2.75. The number of benzene rings is 1. The Hall–Kier alpha value is -1.62. The van der Waals surface area contributed by atoms with Crippen molar-refractivity contribution in [3.05, 3.63) is 34.1 Å². The predicted molar refractivity (Wildman–Crippen MR) is 52.3 cm³/mol. The Labute approximate surface area is 83.9 Å². The van der Waals surface area contributed by atoms with Gasteiger partial charge in [0.1, 0.15) is 11.3 Å². The molecule has 0 unspecified atom stereocenters. The van der Waals surface area contributed by atoms with E-state index >= 15 is 0 Å². The van der Waals surface area contributed by atoms with Crippen LogP contribution in [0.1, 0.15) is 5.82 Å². The van der Waals surface area contributed by atoms with E-state index in [9.17, 15) is 10.1 Å². The number of rotatable bonds is 2. The Morgan fingerprint density at radius 3 is 3.00 bits per heavy atom. The number of nitro benzene ring substituents is 1. The van der Waals surface area contributed by atoms with Crippen LogP contribution in [0.4, 0.5) is 5.69 Å². The molecule has 6 heteroatoms. The summed E-state index contributed by atoms with van der Waals surface area (Å²) in [6.07, 6.45) is 0. The van der Waals surface area contributed by atoms with E-state index in [0.717, 1.165) is 0 Å².